The number of aromatic nitrogens is 4. The summed E-state index contributed by atoms with van der Waals surface area (Å²) < 4.78 is 1.72. The number of fused-ring (bicyclic) bond motifs is 1. The zero-order chi connectivity index (χ0) is 16.4. The van der Waals surface area contributed by atoms with Gasteiger partial charge in [0.1, 0.15) is 5.82 Å². The lowest BCUT2D eigenvalue weighted by molar-refractivity contribution is 0.558. The minimum absolute atomic E-state index is 0.312. The summed E-state index contributed by atoms with van der Waals surface area (Å²) in [6.45, 7) is 6.45. The lowest BCUT2D eigenvalue weighted by Crippen LogP contribution is -2.22. The van der Waals surface area contributed by atoms with Crippen molar-refractivity contribution in [3.8, 4) is 17.5 Å². The van der Waals surface area contributed by atoms with Crippen LogP contribution < -0.4 is 5.32 Å². The zero-order valence-electron chi connectivity index (χ0n) is 13.4. The third kappa shape index (κ3) is 2.99. The van der Waals surface area contributed by atoms with Crippen molar-refractivity contribution in [3.05, 3.63) is 42.4 Å². The van der Waals surface area contributed by atoms with Crippen LogP contribution in [-0.4, -0.2) is 25.6 Å². The van der Waals surface area contributed by atoms with E-state index in [1.807, 2.05) is 6.07 Å². The van der Waals surface area contributed by atoms with Gasteiger partial charge in [-0.05, 0) is 31.0 Å². The highest BCUT2D eigenvalue weighted by atomic mass is 15.2. The monoisotopic (exact) mass is 306 g/mol. The van der Waals surface area contributed by atoms with Crippen molar-refractivity contribution in [1.29, 1.82) is 5.26 Å². The van der Waals surface area contributed by atoms with Crippen LogP contribution in [0.5, 0.6) is 0 Å². The predicted molar refractivity (Wildman–Crippen MR) is 88.9 cm³/mol. The molecule has 3 aromatic heterocycles. The molecule has 1 atom stereocenters. The zero-order valence-corrected chi connectivity index (χ0v) is 13.4. The van der Waals surface area contributed by atoms with E-state index < -0.39 is 0 Å². The Morgan fingerprint density at radius 1 is 1.26 bits per heavy atom. The summed E-state index contributed by atoms with van der Waals surface area (Å²) in [5.41, 5.74) is 2.21. The molecule has 0 amide bonds. The highest BCUT2D eigenvalue weighted by Gasteiger charge is 2.12. The Labute approximate surface area is 134 Å². The van der Waals surface area contributed by atoms with Gasteiger partial charge in [0, 0.05) is 18.4 Å². The van der Waals surface area contributed by atoms with Crippen LogP contribution in [0.4, 0.5) is 5.82 Å². The maximum atomic E-state index is 9.07. The van der Waals surface area contributed by atoms with Gasteiger partial charge in [0.05, 0.1) is 28.9 Å². The van der Waals surface area contributed by atoms with E-state index in [0.29, 0.717) is 23.3 Å². The van der Waals surface area contributed by atoms with E-state index in [-0.39, 0.29) is 0 Å². The van der Waals surface area contributed by atoms with Crippen LogP contribution in [0.15, 0.2) is 36.8 Å². The molecule has 0 saturated heterocycles. The number of hydrogen-bond donors (Lipinski definition) is 1. The molecule has 0 bridgehead atoms. The molecule has 3 heterocycles. The summed E-state index contributed by atoms with van der Waals surface area (Å²) in [5, 5.41) is 16.8. The lowest BCUT2D eigenvalue weighted by atomic mass is 10.1. The van der Waals surface area contributed by atoms with Crippen LogP contribution in [0, 0.1) is 17.2 Å². The molecule has 0 saturated carbocycles. The van der Waals surface area contributed by atoms with Gasteiger partial charge in [-0.15, -0.1) is 0 Å². The van der Waals surface area contributed by atoms with Crippen molar-refractivity contribution >= 4 is 11.3 Å². The van der Waals surface area contributed by atoms with Gasteiger partial charge in [-0.25, -0.2) is 14.5 Å². The molecule has 1 unspecified atom stereocenters. The molecule has 0 aliphatic rings. The van der Waals surface area contributed by atoms with E-state index in [4.69, 9.17) is 5.26 Å². The fourth-order valence-corrected chi connectivity index (χ4v) is 2.19. The third-order valence-electron chi connectivity index (χ3n) is 3.92. The summed E-state index contributed by atoms with van der Waals surface area (Å²) >= 11 is 0. The first-order chi connectivity index (χ1) is 11.1. The molecule has 116 valence electrons. The smallest absolute Gasteiger partial charge is 0.165 e. The first-order valence-electron chi connectivity index (χ1n) is 7.56. The molecule has 0 fully saturated rings. The predicted octanol–water partition coefficient (Wildman–Crippen LogP) is 3.12. The molecule has 23 heavy (non-hydrogen) atoms. The number of nitrogens with zero attached hydrogens (tertiary/aromatic N) is 5. The Morgan fingerprint density at radius 3 is 2.83 bits per heavy atom. The van der Waals surface area contributed by atoms with Crippen molar-refractivity contribution in [2.24, 2.45) is 5.92 Å². The van der Waals surface area contributed by atoms with Gasteiger partial charge in [0.15, 0.2) is 5.82 Å². The molecule has 3 rings (SSSR count). The molecule has 0 aliphatic carbocycles. The maximum absolute atomic E-state index is 9.07. The second-order valence-corrected chi connectivity index (χ2v) is 5.86. The fourth-order valence-electron chi connectivity index (χ4n) is 2.19. The first-order valence-corrected chi connectivity index (χ1v) is 7.56. The second-order valence-electron chi connectivity index (χ2n) is 5.86. The van der Waals surface area contributed by atoms with Gasteiger partial charge in [0.2, 0.25) is 0 Å². The summed E-state index contributed by atoms with van der Waals surface area (Å²) in [6.07, 6.45) is 5.22. The van der Waals surface area contributed by atoms with Crippen molar-refractivity contribution in [2.75, 3.05) is 5.32 Å². The number of hydrogen-bond acceptors (Lipinski definition) is 5. The highest BCUT2D eigenvalue weighted by molar-refractivity contribution is 5.77. The standard InChI is InChI=1S/C17H18N6/c1-11(2)12(3)21-16-4-6-19-17(22-16)14-10-20-23-7-5-13(9-18)8-15(14)23/h4-8,10-12H,1-3H3,(H,19,21,22). The third-order valence-corrected chi connectivity index (χ3v) is 3.92. The van der Waals surface area contributed by atoms with E-state index in [2.05, 4.69) is 47.2 Å². The number of anilines is 1. The van der Waals surface area contributed by atoms with Gasteiger partial charge >= 0.3 is 0 Å². The Morgan fingerprint density at radius 2 is 2.09 bits per heavy atom. The van der Waals surface area contributed by atoms with E-state index in [1.54, 1.807) is 35.2 Å². The van der Waals surface area contributed by atoms with Crippen LogP contribution in [0.3, 0.4) is 0 Å². The van der Waals surface area contributed by atoms with E-state index in [9.17, 15) is 0 Å². The molecule has 6 heteroatoms. The van der Waals surface area contributed by atoms with Crippen LogP contribution >= 0.6 is 0 Å². The number of nitriles is 1. The second kappa shape index (κ2) is 6.05. The first kappa shape index (κ1) is 15.0. The number of pyridine rings is 1. The lowest BCUT2D eigenvalue weighted by Gasteiger charge is -2.18. The van der Waals surface area contributed by atoms with Crippen molar-refractivity contribution in [3.63, 3.8) is 0 Å². The molecular formula is C17H18N6. The van der Waals surface area contributed by atoms with Crippen LogP contribution in [-0.2, 0) is 0 Å². The molecule has 3 aromatic rings. The number of nitrogens with one attached hydrogen (secondary N) is 1. The van der Waals surface area contributed by atoms with Gasteiger partial charge in [-0.3, -0.25) is 0 Å². The minimum Gasteiger partial charge on any atom is -0.367 e. The Balaban J connectivity index is 2.01. The van der Waals surface area contributed by atoms with Crippen LogP contribution in [0.2, 0.25) is 0 Å². The quantitative estimate of drug-likeness (QED) is 0.801. The van der Waals surface area contributed by atoms with Gasteiger partial charge in [-0.2, -0.15) is 10.4 Å². The largest absolute Gasteiger partial charge is 0.367 e. The molecule has 1 N–H and O–H groups in total. The van der Waals surface area contributed by atoms with Crippen LogP contribution in [0.25, 0.3) is 16.9 Å². The topological polar surface area (TPSA) is 78.9 Å². The van der Waals surface area contributed by atoms with E-state index in [1.165, 1.54) is 0 Å². The van der Waals surface area contributed by atoms with Gasteiger partial charge in [-0.1, -0.05) is 13.8 Å². The summed E-state index contributed by atoms with van der Waals surface area (Å²) in [4.78, 5) is 8.94. The molecule has 0 aromatic carbocycles. The molecule has 0 spiro atoms. The summed E-state index contributed by atoms with van der Waals surface area (Å²) in [5.74, 6) is 1.88. The molecule has 6 nitrogen and oxygen atoms in total. The van der Waals surface area contributed by atoms with Gasteiger partial charge in [0.25, 0.3) is 0 Å². The maximum Gasteiger partial charge on any atom is 0.165 e. The normalized spacial score (nSPS) is 12.3. The Kier molecular flexibility index (Phi) is 3.94. The van der Waals surface area contributed by atoms with Crippen LogP contribution in [0.1, 0.15) is 26.3 Å². The number of rotatable bonds is 4. The highest BCUT2D eigenvalue weighted by Crippen LogP contribution is 2.23. The molecule has 0 aliphatic heterocycles. The van der Waals surface area contributed by atoms with E-state index in [0.717, 1.165) is 16.9 Å². The molecular weight excluding hydrogens is 288 g/mol. The van der Waals surface area contributed by atoms with Crippen molar-refractivity contribution in [2.45, 2.75) is 26.8 Å². The van der Waals surface area contributed by atoms with Crippen molar-refractivity contribution < 1.29 is 0 Å². The SMILES string of the molecule is CC(C)C(C)Nc1ccnc(-c2cnn3ccc(C#N)cc23)n1. The Hall–Kier alpha value is -2.94. The average Bonchev–Trinajstić information content (AvgIpc) is 2.97. The van der Waals surface area contributed by atoms with Gasteiger partial charge < -0.3 is 5.32 Å². The minimum atomic E-state index is 0.312. The Bertz CT molecular complexity index is 874. The van der Waals surface area contributed by atoms with Crippen molar-refractivity contribution in [1.82, 2.24) is 19.6 Å². The summed E-state index contributed by atoms with van der Waals surface area (Å²) in [7, 11) is 0. The van der Waals surface area contributed by atoms with E-state index >= 15 is 0 Å². The summed E-state index contributed by atoms with van der Waals surface area (Å²) in [6, 6.07) is 7.83. The fraction of sp³-hybridized carbons (Fsp3) is 0.294. The molecule has 0 radical (unpaired) electrons. The average molecular weight is 306 g/mol.